The van der Waals surface area contributed by atoms with E-state index in [1.54, 1.807) is 12.1 Å². The Kier molecular flexibility index (Phi) is 4.75. The molecule has 0 bridgehead atoms. The molecule has 0 fully saturated rings. The summed E-state index contributed by atoms with van der Waals surface area (Å²) in [4.78, 5) is 24.1. The highest BCUT2D eigenvalue weighted by molar-refractivity contribution is 7.18. The van der Waals surface area contributed by atoms with Crippen LogP contribution >= 0.6 is 11.3 Å². The summed E-state index contributed by atoms with van der Waals surface area (Å²) in [5.74, 6) is -0.750. The number of amides is 1. The second-order valence-corrected chi connectivity index (χ2v) is 5.86. The Morgan fingerprint density at radius 3 is 2.67 bits per heavy atom. The molecular formula is C16H17NO3S. The van der Waals surface area contributed by atoms with Gasteiger partial charge < -0.3 is 10.1 Å². The van der Waals surface area contributed by atoms with Crippen LogP contribution in [0.2, 0.25) is 0 Å². The maximum Gasteiger partial charge on any atom is 0.348 e. The minimum absolute atomic E-state index is 0.0983. The first-order chi connectivity index (χ1) is 10.0. The fraction of sp³-hybridized carbons (Fsp3) is 0.250. The van der Waals surface area contributed by atoms with Gasteiger partial charge >= 0.3 is 5.97 Å². The molecule has 2 aromatic rings. The summed E-state index contributed by atoms with van der Waals surface area (Å²) < 4.78 is 4.64. The fourth-order valence-electron chi connectivity index (χ4n) is 1.94. The van der Waals surface area contributed by atoms with Crippen molar-refractivity contribution in [1.29, 1.82) is 0 Å². The Labute approximate surface area is 127 Å². The lowest BCUT2D eigenvalue weighted by Gasteiger charge is -2.12. The van der Waals surface area contributed by atoms with Crippen molar-refractivity contribution in [2.24, 2.45) is 0 Å². The number of methoxy groups -OCH3 is 1. The molecule has 1 heterocycles. The molecule has 1 aromatic carbocycles. The van der Waals surface area contributed by atoms with Gasteiger partial charge in [0.05, 0.1) is 18.0 Å². The maximum absolute atomic E-state index is 12.3. The number of benzene rings is 1. The van der Waals surface area contributed by atoms with E-state index in [-0.39, 0.29) is 11.8 Å². The van der Waals surface area contributed by atoms with Crippen LogP contribution in [0.15, 0.2) is 36.4 Å². The largest absolute Gasteiger partial charge is 0.465 e. The Balaban J connectivity index is 2.07. The zero-order chi connectivity index (χ0) is 15.4. The topological polar surface area (TPSA) is 55.4 Å². The normalized spacial score (nSPS) is 11.8. The van der Waals surface area contributed by atoms with Gasteiger partial charge in [0.25, 0.3) is 0 Å². The molecule has 0 saturated carbocycles. The van der Waals surface area contributed by atoms with Gasteiger partial charge in [-0.05, 0) is 31.5 Å². The lowest BCUT2D eigenvalue weighted by Crippen LogP contribution is -2.18. The van der Waals surface area contributed by atoms with Crippen LogP contribution < -0.4 is 5.32 Å². The van der Waals surface area contributed by atoms with E-state index in [1.807, 2.05) is 38.1 Å². The van der Waals surface area contributed by atoms with Gasteiger partial charge in [0, 0.05) is 0 Å². The minimum Gasteiger partial charge on any atom is -0.465 e. The van der Waals surface area contributed by atoms with Crippen LogP contribution in [0.5, 0.6) is 0 Å². The first-order valence-electron chi connectivity index (χ1n) is 6.57. The molecule has 0 spiro atoms. The molecule has 1 amide bonds. The van der Waals surface area contributed by atoms with Crippen LogP contribution in [0.3, 0.4) is 0 Å². The van der Waals surface area contributed by atoms with Crippen molar-refractivity contribution in [3.8, 4) is 0 Å². The molecule has 0 aliphatic heterocycles. The number of aryl methyl sites for hydroxylation is 1. The lowest BCUT2D eigenvalue weighted by atomic mass is 9.99. The van der Waals surface area contributed by atoms with E-state index in [4.69, 9.17) is 0 Å². The van der Waals surface area contributed by atoms with Gasteiger partial charge in [-0.1, -0.05) is 29.8 Å². The van der Waals surface area contributed by atoms with E-state index >= 15 is 0 Å². The van der Waals surface area contributed by atoms with Crippen molar-refractivity contribution in [1.82, 2.24) is 0 Å². The number of carbonyl (C=O) groups excluding carboxylic acids is 2. The summed E-state index contributed by atoms with van der Waals surface area (Å²) in [5, 5.41) is 3.47. The molecule has 5 heteroatoms. The standard InChI is InChI=1S/C16H17NO3S/c1-10-5-4-6-12(9-10)11(2)15(18)17-14-8-7-13(21-14)16(19)20-3/h4-9,11H,1-3H3,(H,17,18)/t11-/m1/s1. The smallest absolute Gasteiger partial charge is 0.348 e. The van der Waals surface area contributed by atoms with E-state index < -0.39 is 5.97 Å². The highest BCUT2D eigenvalue weighted by Gasteiger charge is 2.17. The zero-order valence-electron chi connectivity index (χ0n) is 12.2. The number of carbonyl (C=O) groups is 2. The monoisotopic (exact) mass is 303 g/mol. The quantitative estimate of drug-likeness (QED) is 0.878. The Hall–Kier alpha value is -2.14. The summed E-state index contributed by atoms with van der Waals surface area (Å²) in [5.41, 5.74) is 2.09. The number of ether oxygens (including phenoxy) is 1. The highest BCUT2D eigenvalue weighted by Crippen LogP contribution is 2.25. The molecule has 0 unspecified atom stereocenters. The number of thiophene rings is 1. The molecule has 2 rings (SSSR count). The number of rotatable bonds is 4. The lowest BCUT2D eigenvalue weighted by molar-refractivity contribution is -0.117. The molecule has 0 aliphatic carbocycles. The summed E-state index contributed by atoms with van der Waals surface area (Å²) in [6, 6.07) is 11.2. The van der Waals surface area contributed by atoms with Crippen LogP contribution in [0, 0.1) is 6.92 Å². The fourth-order valence-corrected chi connectivity index (χ4v) is 2.76. The van der Waals surface area contributed by atoms with Crippen molar-refractivity contribution in [2.75, 3.05) is 12.4 Å². The third kappa shape index (κ3) is 3.70. The molecule has 1 atom stereocenters. The van der Waals surface area contributed by atoms with Crippen molar-refractivity contribution in [3.63, 3.8) is 0 Å². The van der Waals surface area contributed by atoms with Crippen molar-refractivity contribution < 1.29 is 14.3 Å². The van der Waals surface area contributed by atoms with Gasteiger partial charge in [0.15, 0.2) is 0 Å². The molecule has 21 heavy (non-hydrogen) atoms. The zero-order valence-corrected chi connectivity index (χ0v) is 13.0. The van der Waals surface area contributed by atoms with Crippen molar-refractivity contribution >= 4 is 28.2 Å². The highest BCUT2D eigenvalue weighted by atomic mass is 32.1. The SMILES string of the molecule is COC(=O)c1ccc(NC(=O)[C@H](C)c2cccc(C)c2)s1. The van der Waals surface area contributed by atoms with Crippen LogP contribution in [-0.4, -0.2) is 19.0 Å². The molecule has 0 aliphatic rings. The summed E-state index contributed by atoms with van der Waals surface area (Å²) in [7, 11) is 1.33. The van der Waals surface area contributed by atoms with Crippen molar-refractivity contribution in [3.05, 3.63) is 52.4 Å². The third-order valence-electron chi connectivity index (χ3n) is 3.17. The predicted octanol–water partition coefficient (Wildman–Crippen LogP) is 3.59. The van der Waals surface area contributed by atoms with Gasteiger partial charge in [0.1, 0.15) is 4.88 Å². The third-order valence-corrected chi connectivity index (χ3v) is 4.16. The number of hydrogen-bond donors (Lipinski definition) is 1. The van der Waals surface area contributed by atoms with Crippen LogP contribution in [0.25, 0.3) is 0 Å². The second kappa shape index (κ2) is 6.54. The maximum atomic E-state index is 12.3. The van der Waals surface area contributed by atoms with E-state index in [0.717, 1.165) is 11.1 Å². The first-order valence-corrected chi connectivity index (χ1v) is 7.38. The van der Waals surface area contributed by atoms with Crippen LogP contribution in [0.4, 0.5) is 5.00 Å². The number of nitrogens with one attached hydrogen (secondary N) is 1. The van der Waals surface area contributed by atoms with E-state index in [9.17, 15) is 9.59 Å². The molecule has 1 N–H and O–H groups in total. The number of hydrogen-bond acceptors (Lipinski definition) is 4. The van der Waals surface area contributed by atoms with E-state index in [0.29, 0.717) is 9.88 Å². The molecule has 1 aromatic heterocycles. The summed E-state index contributed by atoms with van der Waals surface area (Å²) >= 11 is 1.20. The number of esters is 1. The van der Waals surface area contributed by atoms with Gasteiger partial charge in [-0.3, -0.25) is 4.79 Å². The summed E-state index contributed by atoms with van der Waals surface area (Å²) in [6.07, 6.45) is 0. The summed E-state index contributed by atoms with van der Waals surface area (Å²) in [6.45, 7) is 3.86. The van der Waals surface area contributed by atoms with Gasteiger partial charge in [-0.2, -0.15) is 0 Å². The number of anilines is 1. The predicted molar refractivity (Wildman–Crippen MR) is 83.9 cm³/mol. The van der Waals surface area contributed by atoms with Gasteiger partial charge in [-0.15, -0.1) is 11.3 Å². The minimum atomic E-state index is -0.396. The molecule has 110 valence electrons. The Bertz CT molecular complexity index is 663. The first kappa shape index (κ1) is 15.3. The van der Waals surface area contributed by atoms with Crippen molar-refractivity contribution in [2.45, 2.75) is 19.8 Å². The average Bonchev–Trinajstić information content (AvgIpc) is 2.94. The second-order valence-electron chi connectivity index (χ2n) is 4.78. The van der Waals surface area contributed by atoms with Crippen LogP contribution in [-0.2, 0) is 9.53 Å². The Morgan fingerprint density at radius 2 is 2.00 bits per heavy atom. The molecule has 0 radical (unpaired) electrons. The molecule has 0 saturated heterocycles. The average molecular weight is 303 g/mol. The van der Waals surface area contributed by atoms with Gasteiger partial charge in [-0.25, -0.2) is 4.79 Å². The molecular weight excluding hydrogens is 286 g/mol. The van der Waals surface area contributed by atoms with E-state index in [1.165, 1.54) is 18.4 Å². The Morgan fingerprint density at radius 1 is 1.24 bits per heavy atom. The van der Waals surface area contributed by atoms with E-state index in [2.05, 4.69) is 10.1 Å². The van der Waals surface area contributed by atoms with Gasteiger partial charge in [0.2, 0.25) is 5.91 Å². The molecule has 4 nitrogen and oxygen atoms in total. The van der Waals surface area contributed by atoms with Crippen LogP contribution in [0.1, 0.15) is 33.6 Å².